The highest BCUT2D eigenvalue weighted by Crippen LogP contribution is 2.40. The molecule has 0 fully saturated rings. The molecule has 1 aliphatic rings. The Bertz CT molecular complexity index is 655. The lowest BCUT2D eigenvalue weighted by molar-refractivity contribution is -0.600. The molecule has 0 aromatic carbocycles. The first-order valence-corrected chi connectivity index (χ1v) is 5.96. The molecule has 0 radical (unpaired) electrons. The van der Waals surface area contributed by atoms with Crippen LogP contribution >= 0.6 is 0 Å². The van der Waals surface area contributed by atoms with Crippen LogP contribution in [-0.2, 0) is 19.6 Å². The van der Waals surface area contributed by atoms with Crippen molar-refractivity contribution in [2.24, 2.45) is 7.05 Å². The molecule has 11 heteroatoms. The number of aromatic nitrogens is 2. The van der Waals surface area contributed by atoms with Gasteiger partial charge >= 0.3 is 18.2 Å². The molecule has 0 bridgehead atoms. The van der Waals surface area contributed by atoms with Crippen LogP contribution in [0.4, 0.5) is 26.3 Å². The molecule has 2 heterocycles. The van der Waals surface area contributed by atoms with Crippen molar-refractivity contribution in [3.05, 3.63) is 22.7 Å². The molecule has 0 saturated carbocycles. The summed E-state index contributed by atoms with van der Waals surface area (Å²) in [5, 5.41) is 11.6. The number of alkyl halides is 6. The standard InChI is InChI=1S/C11H10F6N4O/c1-19-8-4(6(18)10(12,13)14)3-5-7(11(15,16)17)20-21(2)9(5)22-8/h18-19H,3H2,1-2H3/p+1. The van der Waals surface area contributed by atoms with E-state index in [1.54, 1.807) is 0 Å². The van der Waals surface area contributed by atoms with Crippen molar-refractivity contribution in [2.45, 2.75) is 18.8 Å². The van der Waals surface area contributed by atoms with Crippen molar-refractivity contribution >= 4 is 5.71 Å². The Morgan fingerprint density at radius 1 is 1.27 bits per heavy atom. The zero-order valence-electron chi connectivity index (χ0n) is 11.4. The third-order valence-electron chi connectivity index (χ3n) is 3.06. The van der Waals surface area contributed by atoms with E-state index in [0.717, 1.165) is 4.68 Å². The lowest BCUT2D eigenvalue weighted by atomic mass is 9.99. The largest absolute Gasteiger partial charge is 0.435 e. The van der Waals surface area contributed by atoms with E-state index < -0.39 is 41.3 Å². The third kappa shape index (κ3) is 2.67. The molecule has 0 amide bonds. The number of fused-ring (bicyclic) bond motifs is 1. The second-order valence-electron chi connectivity index (χ2n) is 4.54. The van der Waals surface area contributed by atoms with Gasteiger partial charge in [0.25, 0.3) is 0 Å². The lowest BCUT2D eigenvalue weighted by Gasteiger charge is -2.20. The van der Waals surface area contributed by atoms with Crippen LogP contribution in [-0.4, -0.2) is 28.7 Å². The van der Waals surface area contributed by atoms with E-state index >= 15 is 0 Å². The first kappa shape index (κ1) is 16.3. The Morgan fingerprint density at radius 2 is 1.86 bits per heavy atom. The van der Waals surface area contributed by atoms with E-state index in [-0.39, 0.29) is 11.8 Å². The van der Waals surface area contributed by atoms with Gasteiger partial charge in [-0.25, -0.2) is 4.68 Å². The molecule has 0 aliphatic carbocycles. The smallest absolute Gasteiger partial charge is 0.393 e. The number of nitrogens with zero attached hydrogens (tertiary/aromatic N) is 2. The van der Waals surface area contributed by atoms with Crippen molar-refractivity contribution in [2.75, 3.05) is 7.05 Å². The molecule has 122 valence electrons. The van der Waals surface area contributed by atoms with E-state index in [9.17, 15) is 26.3 Å². The predicted octanol–water partition coefficient (Wildman–Crippen LogP) is 1.36. The number of halogens is 6. The third-order valence-corrected chi connectivity index (χ3v) is 3.06. The highest BCUT2D eigenvalue weighted by Gasteiger charge is 2.46. The Kier molecular flexibility index (Phi) is 3.71. The first-order chi connectivity index (χ1) is 9.96. The van der Waals surface area contributed by atoms with Crippen LogP contribution in [0, 0.1) is 5.41 Å². The second kappa shape index (κ2) is 5.00. The fourth-order valence-electron chi connectivity index (χ4n) is 2.11. The highest BCUT2D eigenvalue weighted by molar-refractivity contribution is 6.02. The fourth-order valence-corrected chi connectivity index (χ4v) is 2.11. The number of hydrogen-bond donors (Lipinski definition) is 2. The quantitative estimate of drug-likeness (QED) is 0.635. The summed E-state index contributed by atoms with van der Waals surface area (Å²) in [5.41, 5.74) is -4.21. The molecule has 0 saturated heterocycles. The summed E-state index contributed by atoms with van der Waals surface area (Å²) in [7, 11) is 2.56. The van der Waals surface area contributed by atoms with Gasteiger partial charge in [-0.2, -0.15) is 31.4 Å². The van der Waals surface area contributed by atoms with Crippen LogP contribution in [0.3, 0.4) is 0 Å². The molecule has 0 atom stereocenters. The Labute approximate surface area is 120 Å². The maximum atomic E-state index is 12.9. The predicted molar refractivity (Wildman–Crippen MR) is 61.2 cm³/mol. The molecular weight excluding hydrogens is 318 g/mol. The minimum absolute atomic E-state index is 0.279. The van der Waals surface area contributed by atoms with E-state index in [1.165, 1.54) is 19.4 Å². The zero-order valence-corrected chi connectivity index (χ0v) is 11.4. The lowest BCUT2D eigenvalue weighted by Crippen LogP contribution is -2.79. The van der Waals surface area contributed by atoms with Crippen LogP contribution in [0.2, 0.25) is 0 Å². The van der Waals surface area contributed by atoms with Gasteiger partial charge in [0.05, 0.1) is 18.2 Å². The monoisotopic (exact) mass is 329 g/mol. The van der Waals surface area contributed by atoms with E-state index in [2.05, 4.69) is 5.10 Å². The summed E-state index contributed by atoms with van der Waals surface area (Å²) in [6, 6.07) is 0. The number of nitrogens with two attached hydrogens (primary N) is 1. The average molecular weight is 329 g/mol. The Morgan fingerprint density at radius 3 is 2.32 bits per heavy atom. The van der Waals surface area contributed by atoms with E-state index in [4.69, 9.17) is 10.1 Å². The Hall–Kier alpha value is -2.04. The molecular formula is C11H11F6N4O+. The van der Waals surface area contributed by atoms with Crippen LogP contribution in [0.15, 0.2) is 11.5 Å². The van der Waals surface area contributed by atoms with Crippen molar-refractivity contribution in [1.29, 1.82) is 5.41 Å². The number of rotatable bonds is 2. The summed E-state index contributed by atoms with van der Waals surface area (Å²) in [4.78, 5) is 0. The summed E-state index contributed by atoms with van der Waals surface area (Å²) in [6.07, 6.45) is -10.5. The van der Waals surface area contributed by atoms with Gasteiger partial charge in [-0.05, 0) is 0 Å². The minimum Gasteiger partial charge on any atom is -0.393 e. The maximum Gasteiger partial charge on any atom is 0.435 e. The molecule has 3 N–H and O–H groups in total. The molecule has 1 aliphatic heterocycles. The maximum absolute atomic E-state index is 12.9. The summed E-state index contributed by atoms with van der Waals surface area (Å²) in [6.45, 7) is 0. The van der Waals surface area contributed by atoms with Gasteiger partial charge in [-0.1, -0.05) is 0 Å². The molecule has 0 spiro atoms. The number of nitrogens with one attached hydrogen (secondary N) is 1. The number of quaternary nitrogens is 1. The number of allylic oxidation sites excluding steroid dienone is 1. The second-order valence-corrected chi connectivity index (χ2v) is 4.54. The topological polar surface area (TPSA) is 67.5 Å². The summed E-state index contributed by atoms with van der Waals surface area (Å²) < 4.78 is 82.7. The summed E-state index contributed by atoms with van der Waals surface area (Å²) in [5.74, 6) is -0.578. The first-order valence-electron chi connectivity index (χ1n) is 5.96. The van der Waals surface area contributed by atoms with E-state index in [0.29, 0.717) is 0 Å². The van der Waals surface area contributed by atoms with Gasteiger partial charge in [0.1, 0.15) is 5.71 Å². The normalized spacial score (nSPS) is 15.6. The zero-order chi connectivity index (χ0) is 16.9. The van der Waals surface area contributed by atoms with Crippen molar-refractivity contribution in [1.82, 2.24) is 9.78 Å². The van der Waals surface area contributed by atoms with Crippen LogP contribution in [0.25, 0.3) is 0 Å². The fraction of sp³-hybridized carbons (Fsp3) is 0.455. The number of hydrogen-bond acceptors (Lipinski definition) is 3. The molecule has 0 unspecified atom stereocenters. The van der Waals surface area contributed by atoms with Crippen molar-refractivity contribution < 1.29 is 36.4 Å². The molecule has 2 rings (SSSR count). The van der Waals surface area contributed by atoms with Gasteiger partial charge in [0.2, 0.25) is 5.88 Å². The van der Waals surface area contributed by atoms with Crippen molar-refractivity contribution in [3.63, 3.8) is 0 Å². The van der Waals surface area contributed by atoms with Gasteiger partial charge in [0.15, 0.2) is 5.69 Å². The van der Waals surface area contributed by atoms with Crippen molar-refractivity contribution in [3.8, 4) is 5.88 Å². The SMILES string of the molecule is C[NH2+]C1=C(C(=N)C(F)(F)F)Cc2c(C(F)(F)F)nn(C)c2O1. The van der Waals surface area contributed by atoms with Gasteiger partial charge in [-0.3, -0.25) is 10.7 Å². The molecule has 1 aromatic rings. The Balaban J connectivity index is 2.54. The van der Waals surface area contributed by atoms with Gasteiger partial charge < -0.3 is 4.74 Å². The minimum atomic E-state index is -4.98. The van der Waals surface area contributed by atoms with Crippen LogP contribution in [0.5, 0.6) is 5.88 Å². The highest BCUT2D eigenvalue weighted by atomic mass is 19.4. The van der Waals surface area contributed by atoms with Crippen LogP contribution < -0.4 is 10.1 Å². The molecule has 1 aromatic heterocycles. The number of aryl methyl sites for hydroxylation is 1. The number of ether oxygens (including phenoxy) is 1. The molecule has 5 nitrogen and oxygen atoms in total. The van der Waals surface area contributed by atoms with Gasteiger partial charge in [-0.15, -0.1) is 0 Å². The average Bonchev–Trinajstić information content (AvgIpc) is 2.72. The van der Waals surface area contributed by atoms with Gasteiger partial charge in [0, 0.05) is 13.5 Å². The van der Waals surface area contributed by atoms with E-state index in [1.807, 2.05) is 0 Å². The molecule has 22 heavy (non-hydrogen) atoms. The summed E-state index contributed by atoms with van der Waals surface area (Å²) >= 11 is 0. The van der Waals surface area contributed by atoms with Crippen LogP contribution in [0.1, 0.15) is 11.3 Å².